The highest BCUT2D eigenvalue weighted by molar-refractivity contribution is 6.05. The van der Waals surface area contributed by atoms with Crippen LogP contribution in [0, 0.1) is 6.92 Å². The zero-order valence-electron chi connectivity index (χ0n) is 15.3. The summed E-state index contributed by atoms with van der Waals surface area (Å²) in [6.45, 7) is 4.08. The second-order valence-electron chi connectivity index (χ2n) is 5.87. The fraction of sp³-hybridized carbons (Fsp3) is 0.368. The van der Waals surface area contributed by atoms with Gasteiger partial charge in [0.05, 0.1) is 32.1 Å². The third-order valence-electron chi connectivity index (χ3n) is 4.49. The van der Waals surface area contributed by atoms with Crippen molar-refractivity contribution in [1.82, 2.24) is 0 Å². The number of carbonyl (C=O) groups is 2. The number of anilines is 1. The monoisotopic (exact) mass is 359 g/mol. The van der Waals surface area contributed by atoms with Gasteiger partial charge in [0.1, 0.15) is 18.2 Å². The molecule has 0 amide bonds. The van der Waals surface area contributed by atoms with E-state index in [-0.39, 0.29) is 24.6 Å². The lowest BCUT2D eigenvalue weighted by atomic mass is 10.1. The zero-order valence-corrected chi connectivity index (χ0v) is 15.3. The summed E-state index contributed by atoms with van der Waals surface area (Å²) in [5.41, 5.74) is 2.54. The van der Waals surface area contributed by atoms with Crippen LogP contribution in [0.15, 0.2) is 33.9 Å². The average molecular weight is 359 g/mol. The molecule has 2 aromatic rings. The largest absolute Gasteiger partial charge is 0.466 e. The second-order valence-corrected chi connectivity index (χ2v) is 5.87. The van der Waals surface area contributed by atoms with Gasteiger partial charge in [-0.2, -0.15) is 0 Å². The van der Waals surface area contributed by atoms with Crippen molar-refractivity contribution in [2.75, 3.05) is 32.5 Å². The number of hydrogen-bond donors (Lipinski definition) is 0. The molecule has 138 valence electrons. The van der Waals surface area contributed by atoms with Crippen molar-refractivity contribution in [2.45, 2.75) is 20.3 Å². The molecule has 1 aromatic heterocycles. The van der Waals surface area contributed by atoms with Crippen LogP contribution in [0.2, 0.25) is 0 Å². The summed E-state index contributed by atoms with van der Waals surface area (Å²) < 4.78 is 21.2. The van der Waals surface area contributed by atoms with Crippen LogP contribution >= 0.6 is 0 Å². The number of methoxy groups -OCH3 is 2. The van der Waals surface area contributed by atoms with Crippen molar-refractivity contribution in [3.8, 4) is 0 Å². The Morgan fingerprint density at radius 2 is 1.92 bits per heavy atom. The van der Waals surface area contributed by atoms with Crippen LogP contribution in [0.25, 0.3) is 11.0 Å². The molecule has 0 spiro atoms. The van der Waals surface area contributed by atoms with Gasteiger partial charge in [0.2, 0.25) is 0 Å². The molecule has 0 aliphatic carbocycles. The molecule has 1 aromatic carbocycles. The molecular formula is C19H21NO6. The molecule has 0 bridgehead atoms. The Morgan fingerprint density at radius 3 is 2.58 bits per heavy atom. The van der Waals surface area contributed by atoms with Gasteiger partial charge in [-0.05, 0) is 18.6 Å². The fourth-order valence-corrected chi connectivity index (χ4v) is 3.16. The molecule has 0 saturated heterocycles. The molecule has 0 unspecified atom stereocenters. The van der Waals surface area contributed by atoms with Crippen molar-refractivity contribution in [3.05, 3.63) is 40.8 Å². The number of nitrogens with zero attached hydrogens (tertiary/aromatic N) is 1. The molecule has 1 aliphatic heterocycles. The van der Waals surface area contributed by atoms with E-state index in [0.717, 1.165) is 23.1 Å². The SMILES string of the molecule is CCc1oc2c(N3COCC(C(=O)OC)=C3C(=O)OC)cccc2c1C. The van der Waals surface area contributed by atoms with Crippen molar-refractivity contribution < 1.29 is 28.2 Å². The molecule has 0 fully saturated rings. The Kier molecular flexibility index (Phi) is 4.99. The van der Waals surface area contributed by atoms with Gasteiger partial charge >= 0.3 is 11.9 Å². The standard InChI is InChI=1S/C19H21NO6/c1-5-15-11(2)12-7-6-8-14(17(12)26-15)20-10-25-9-13(18(21)23-3)16(20)19(22)24-4/h6-8H,5,9-10H2,1-4H3. The topological polar surface area (TPSA) is 78.2 Å². The number of para-hydroxylation sites is 1. The first-order chi connectivity index (χ1) is 12.5. The number of furan rings is 1. The maximum atomic E-state index is 12.4. The lowest BCUT2D eigenvalue weighted by Crippen LogP contribution is -2.38. The van der Waals surface area contributed by atoms with E-state index in [2.05, 4.69) is 0 Å². The predicted octanol–water partition coefficient (Wildman–Crippen LogP) is 2.70. The normalized spacial score (nSPS) is 14.7. The van der Waals surface area contributed by atoms with Gasteiger partial charge in [0.15, 0.2) is 5.58 Å². The third kappa shape index (κ3) is 2.84. The summed E-state index contributed by atoms with van der Waals surface area (Å²) in [6.07, 6.45) is 0.754. The van der Waals surface area contributed by atoms with Gasteiger partial charge in [-0.1, -0.05) is 19.1 Å². The summed E-state index contributed by atoms with van der Waals surface area (Å²) in [5, 5.41) is 0.953. The van der Waals surface area contributed by atoms with Crippen LogP contribution in [0.1, 0.15) is 18.2 Å². The highest BCUT2D eigenvalue weighted by Crippen LogP contribution is 2.36. The number of hydrogen-bond acceptors (Lipinski definition) is 7. The minimum atomic E-state index is -0.635. The fourth-order valence-electron chi connectivity index (χ4n) is 3.16. The molecule has 0 saturated carbocycles. The summed E-state index contributed by atoms with van der Waals surface area (Å²) in [7, 11) is 2.53. The zero-order chi connectivity index (χ0) is 18.8. The number of esters is 2. The van der Waals surface area contributed by atoms with Gasteiger partial charge < -0.3 is 23.5 Å². The van der Waals surface area contributed by atoms with Gasteiger partial charge in [-0.15, -0.1) is 0 Å². The Labute approximate surface area is 151 Å². The summed E-state index contributed by atoms with van der Waals surface area (Å²) in [4.78, 5) is 26.1. The lowest BCUT2D eigenvalue weighted by molar-refractivity contribution is -0.140. The van der Waals surface area contributed by atoms with E-state index in [9.17, 15) is 9.59 Å². The van der Waals surface area contributed by atoms with Crippen LogP contribution in [0.3, 0.4) is 0 Å². The van der Waals surface area contributed by atoms with Crippen LogP contribution in [-0.4, -0.2) is 39.5 Å². The molecule has 2 heterocycles. The first kappa shape index (κ1) is 18.0. The Hall–Kier alpha value is -2.80. The average Bonchev–Trinajstić information content (AvgIpc) is 3.02. The van der Waals surface area contributed by atoms with Crippen LogP contribution < -0.4 is 4.90 Å². The van der Waals surface area contributed by atoms with Crippen molar-refractivity contribution in [1.29, 1.82) is 0 Å². The molecule has 26 heavy (non-hydrogen) atoms. The molecule has 0 atom stereocenters. The summed E-state index contributed by atoms with van der Waals surface area (Å²) in [6, 6.07) is 5.66. The Morgan fingerprint density at radius 1 is 1.19 bits per heavy atom. The molecular weight excluding hydrogens is 338 g/mol. The minimum absolute atomic E-state index is 0.0268. The molecule has 7 heteroatoms. The first-order valence-electron chi connectivity index (χ1n) is 8.29. The van der Waals surface area contributed by atoms with Crippen LogP contribution in [0.4, 0.5) is 5.69 Å². The molecule has 1 aliphatic rings. The van der Waals surface area contributed by atoms with Crippen molar-refractivity contribution in [2.24, 2.45) is 0 Å². The number of benzene rings is 1. The number of fused-ring (bicyclic) bond motifs is 1. The maximum Gasteiger partial charge on any atom is 0.355 e. The lowest BCUT2D eigenvalue weighted by Gasteiger charge is -2.31. The molecule has 0 radical (unpaired) electrons. The van der Waals surface area contributed by atoms with E-state index in [0.29, 0.717) is 11.3 Å². The second kappa shape index (κ2) is 7.21. The van der Waals surface area contributed by atoms with E-state index >= 15 is 0 Å². The number of aryl methyl sites for hydroxylation is 2. The van der Waals surface area contributed by atoms with Crippen LogP contribution in [-0.2, 0) is 30.2 Å². The van der Waals surface area contributed by atoms with E-state index < -0.39 is 11.9 Å². The minimum Gasteiger partial charge on any atom is -0.466 e. The van der Waals surface area contributed by atoms with E-state index in [1.165, 1.54) is 14.2 Å². The molecule has 3 rings (SSSR count). The van der Waals surface area contributed by atoms with Crippen molar-refractivity contribution in [3.63, 3.8) is 0 Å². The Bertz CT molecular complexity index is 895. The highest BCUT2D eigenvalue weighted by atomic mass is 16.5. The third-order valence-corrected chi connectivity index (χ3v) is 4.49. The van der Waals surface area contributed by atoms with E-state index in [1.807, 2.05) is 32.0 Å². The maximum absolute atomic E-state index is 12.4. The van der Waals surface area contributed by atoms with Crippen LogP contribution in [0.5, 0.6) is 0 Å². The molecule has 0 N–H and O–H groups in total. The number of ether oxygens (including phenoxy) is 3. The number of rotatable bonds is 4. The van der Waals surface area contributed by atoms with Crippen molar-refractivity contribution >= 4 is 28.6 Å². The summed E-state index contributed by atoms with van der Waals surface area (Å²) >= 11 is 0. The molecule has 7 nitrogen and oxygen atoms in total. The number of carbonyl (C=O) groups excluding carboxylic acids is 2. The van der Waals surface area contributed by atoms with E-state index in [4.69, 9.17) is 18.6 Å². The van der Waals surface area contributed by atoms with E-state index in [1.54, 1.807) is 4.90 Å². The van der Waals surface area contributed by atoms with Gasteiger partial charge in [-0.25, -0.2) is 9.59 Å². The Balaban J connectivity index is 2.23. The van der Waals surface area contributed by atoms with Gasteiger partial charge in [0, 0.05) is 11.8 Å². The van der Waals surface area contributed by atoms with Gasteiger partial charge in [0.25, 0.3) is 0 Å². The smallest absolute Gasteiger partial charge is 0.355 e. The quantitative estimate of drug-likeness (QED) is 0.777. The summed E-state index contributed by atoms with van der Waals surface area (Å²) in [5.74, 6) is -0.390. The predicted molar refractivity (Wildman–Crippen MR) is 94.7 cm³/mol. The van der Waals surface area contributed by atoms with Gasteiger partial charge in [-0.3, -0.25) is 0 Å². The highest BCUT2D eigenvalue weighted by Gasteiger charge is 2.33. The first-order valence-corrected chi connectivity index (χ1v) is 8.29.